The van der Waals surface area contributed by atoms with Gasteiger partial charge in [-0.15, -0.1) is 15.3 Å². The van der Waals surface area contributed by atoms with Gasteiger partial charge in [-0.25, -0.2) is 4.68 Å². The highest BCUT2D eigenvalue weighted by Crippen LogP contribution is 2.37. The zero-order valence-electron chi connectivity index (χ0n) is 15.3. The summed E-state index contributed by atoms with van der Waals surface area (Å²) in [7, 11) is 0. The summed E-state index contributed by atoms with van der Waals surface area (Å²) in [5, 5.41) is 19.8. The lowest BCUT2D eigenvalue weighted by molar-refractivity contribution is -0.134. The van der Waals surface area contributed by atoms with Gasteiger partial charge in [-0.1, -0.05) is 19.3 Å². The summed E-state index contributed by atoms with van der Waals surface area (Å²) in [6, 6.07) is 0. The number of carbonyl (C=O) groups is 1. The molecule has 2 fully saturated rings. The second-order valence-electron chi connectivity index (χ2n) is 7.94. The molecule has 10 nitrogen and oxygen atoms in total. The predicted octanol–water partition coefficient (Wildman–Crippen LogP) is 0.514. The van der Waals surface area contributed by atoms with Crippen LogP contribution < -0.4 is 0 Å². The lowest BCUT2D eigenvalue weighted by Gasteiger charge is -2.35. The van der Waals surface area contributed by atoms with Crippen molar-refractivity contribution in [3.05, 3.63) is 18.0 Å². The molecule has 1 spiro atoms. The van der Waals surface area contributed by atoms with Gasteiger partial charge in [-0.2, -0.15) is 0 Å². The van der Waals surface area contributed by atoms with Crippen LogP contribution in [-0.4, -0.2) is 64.5 Å². The maximum atomic E-state index is 12.6. The first-order valence-corrected chi connectivity index (χ1v) is 9.77. The van der Waals surface area contributed by atoms with Crippen LogP contribution in [0.3, 0.4) is 0 Å². The van der Waals surface area contributed by atoms with Crippen molar-refractivity contribution in [2.75, 3.05) is 13.1 Å². The number of hydrogen-bond donors (Lipinski definition) is 0. The summed E-state index contributed by atoms with van der Waals surface area (Å²) in [5.74, 6) is 2.56. The Kier molecular flexibility index (Phi) is 4.14. The van der Waals surface area contributed by atoms with Crippen LogP contribution in [0, 0.1) is 0 Å². The number of hydrogen-bond acceptors (Lipinski definition) is 7. The zero-order chi connectivity index (χ0) is 18.3. The van der Waals surface area contributed by atoms with E-state index in [4.69, 9.17) is 4.74 Å². The van der Waals surface area contributed by atoms with Gasteiger partial charge < -0.3 is 14.2 Å². The molecular formula is C17H24N8O2. The van der Waals surface area contributed by atoms with E-state index in [9.17, 15) is 4.79 Å². The molecule has 3 aliphatic rings. The summed E-state index contributed by atoms with van der Waals surface area (Å²) in [5.41, 5.74) is -0.338. The third-order valence-corrected chi connectivity index (χ3v) is 6.14. The number of amides is 1. The largest absolute Gasteiger partial charge is 0.363 e. The highest BCUT2D eigenvalue weighted by atomic mass is 16.5. The van der Waals surface area contributed by atoms with Gasteiger partial charge >= 0.3 is 0 Å². The highest BCUT2D eigenvalue weighted by Gasteiger charge is 2.45. The smallest absolute Gasteiger partial charge is 0.244 e. The van der Waals surface area contributed by atoms with Gasteiger partial charge in [-0.05, 0) is 29.7 Å². The second kappa shape index (κ2) is 6.66. The summed E-state index contributed by atoms with van der Waals surface area (Å²) < 4.78 is 9.93. The van der Waals surface area contributed by atoms with Crippen LogP contribution in [0.5, 0.6) is 0 Å². The van der Waals surface area contributed by atoms with Crippen LogP contribution in [-0.2, 0) is 29.2 Å². The Morgan fingerprint density at radius 1 is 1.22 bits per heavy atom. The molecule has 1 amide bonds. The minimum Gasteiger partial charge on any atom is -0.363 e. The molecule has 144 valence electrons. The van der Waals surface area contributed by atoms with E-state index in [1.54, 1.807) is 0 Å². The normalized spacial score (nSPS) is 25.9. The van der Waals surface area contributed by atoms with Crippen molar-refractivity contribution in [2.24, 2.45) is 0 Å². The van der Waals surface area contributed by atoms with Crippen LogP contribution in [0.1, 0.15) is 56.1 Å². The molecule has 0 N–H and O–H groups in total. The fraction of sp³-hybridized carbons (Fsp3) is 0.765. The molecule has 1 saturated heterocycles. The first-order chi connectivity index (χ1) is 13.2. The number of nitrogens with zero attached hydrogens (tertiary/aromatic N) is 8. The SMILES string of the molecule is O=C(Cn1cnnn1)N1CCC2(C1)Cn1c(nnc1C1CCCCC1)CO2. The van der Waals surface area contributed by atoms with Gasteiger partial charge in [0.05, 0.1) is 13.1 Å². The van der Waals surface area contributed by atoms with E-state index in [1.807, 2.05) is 4.90 Å². The molecule has 27 heavy (non-hydrogen) atoms. The van der Waals surface area contributed by atoms with E-state index in [1.165, 1.54) is 43.1 Å². The van der Waals surface area contributed by atoms with Crippen LogP contribution in [0.25, 0.3) is 0 Å². The maximum Gasteiger partial charge on any atom is 0.244 e. The van der Waals surface area contributed by atoms with Crippen molar-refractivity contribution in [3.63, 3.8) is 0 Å². The van der Waals surface area contributed by atoms with Crippen molar-refractivity contribution >= 4 is 5.91 Å². The number of likely N-dealkylation sites (tertiary alicyclic amines) is 1. The van der Waals surface area contributed by atoms with E-state index in [0.717, 1.165) is 24.6 Å². The first-order valence-electron chi connectivity index (χ1n) is 9.77. The molecule has 0 radical (unpaired) electrons. The Balaban J connectivity index is 1.30. The highest BCUT2D eigenvalue weighted by molar-refractivity contribution is 5.76. The van der Waals surface area contributed by atoms with E-state index >= 15 is 0 Å². The molecule has 1 unspecified atom stereocenters. The van der Waals surface area contributed by atoms with Crippen molar-refractivity contribution in [1.29, 1.82) is 0 Å². The number of rotatable bonds is 3. The van der Waals surface area contributed by atoms with Crippen molar-refractivity contribution in [3.8, 4) is 0 Å². The zero-order valence-corrected chi connectivity index (χ0v) is 15.3. The number of tetrazole rings is 1. The Bertz CT molecular complexity index is 813. The van der Waals surface area contributed by atoms with Gasteiger partial charge in [0.25, 0.3) is 0 Å². The van der Waals surface area contributed by atoms with Crippen molar-refractivity contribution in [2.45, 2.75) is 69.7 Å². The molecule has 2 aromatic rings. The minimum atomic E-state index is -0.338. The number of carbonyl (C=O) groups excluding carboxylic acids is 1. The monoisotopic (exact) mass is 372 g/mol. The molecule has 0 aromatic carbocycles. The molecular weight excluding hydrogens is 348 g/mol. The number of fused-ring (bicyclic) bond motifs is 1. The Morgan fingerprint density at radius 2 is 2.11 bits per heavy atom. The molecule has 4 heterocycles. The molecule has 5 rings (SSSR count). The van der Waals surface area contributed by atoms with Gasteiger partial charge in [0.15, 0.2) is 5.82 Å². The minimum absolute atomic E-state index is 0.0184. The second-order valence-corrected chi connectivity index (χ2v) is 7.94. The molecule has 1 saturated carbocycles. The average molecular weight is 372 g/mol. The molecule has 2 aliphatic heterocycles. The Morgan fingerprint density at radius 3 is 2.93 bits per heavy atom. The van der Waals surface area contributed by atoms with Gasteiger partial charge in [0.2, 0.25) is 5.91 Å². The van der Waals surface area contributed by atoms with Gasteiger partial charge in [0.1, 0.15) is 30.9 Å². The molecule has 2 aromatic heterocycles. The van der Waals surface area contributed by atoms with E-state index < -0.39 is 0 Å². The van der Waals surface area contributed by atoms with Crippen LogP contribution in [0.2, 0.25) is 0 Å². The maximum absolute atomic E-state index is 12.6. The predicted molar refractivity (Wildman–Crippen MR) is 92.4 cm³/mol. The van der Waals surface area contributed by atoms with Crippen molar-refractivity contribution in [1.82, 2.24) is 39.9 Å². The molecule has 1 aliphatic carbocycles. The lowest BCUT2D eigenvalue weighted by Crippen LogP contribution is -2.45. The first kappa shape index (κ1) is 16.8. The topological polar surface area (TPSA) is 104 Å². The quantitative estimate of drug-likeness (QED) is 0.773. The Labute approximate surface area is 156 Å². The van der Waals surface area contributed by atoms with E-state index in [0.29, 0.717) is 25.6 Å². The third kappa shape index (κ3) is 3.11. The number of aromatic nitrogens is 7. The standard InChI is InChI=1S/C17H24N8O2/c26-15(8-24-12-18-21-22-24)23-7-6-17(10-23)11-25-14(9-27-17)19-20-16(25)13-4-2-1-3-5-13/h12-13H,1-11H2. The summed E-state index contributed by atoms with van der Waals surface area (Å²) >= 11 is 0. The molecule has 0 bridgehead atoms. The average Bonchev–Trinajstić information content (AvgIpc) is 3.43. The van der Waals surface area contributed by atoms with Gasteiger partial charge in [-0.3, -0.25) is 4.79 Å². The van der Waals surface area contributed by atoms with Crippen LogP contribution in [0.15, 0.2) is 6.33 Å². The van der Waals surface area contributed by atoms with E-state index in [-0.39, 0.29) is 18.1 Å². The fourth-order valence-electron chi connectivity index (χ4n) is 4.64. The fourth-order valence-corrected chi connectivity index (χ4v) is 4.64. The van der Waals surface area contributed by atoms with Crippen LogP contribution >= 0.6 is 0 Å². The van der Waals surface area contributed by atoms with Gasteiger partial charge in [0, 0.05) is 12.5 Å². The summed E-state index contributed by atoms with van der Waals surface area (Å²) in [6.07, 6.45) is 8.55. The summed E-state index contributed by atoms with van der Waals surface area (Å²) in [4.78, 5) is 14.4. The number of ether oxygens (including phenoxy) is 1. The molecule has 10 heteroatoms. The lowest BCUT2D eigenvalue weighted by atomic mass is 9.88. The molecule has 1 atom stereocenters. The third-order valence-electron chi connectivity index (χ3n) is 6.14. The summed E-state index contributed by atoms with van der Waals surface area (Å²) in [6.45, 7) is 2.64. The van der Waals surface area contributed by atoms with Crippen LogP contribution in [0.4, 0.5) is 0 Å². The van der Waals surface area contributed by atoms with E-state index in [2.05, 4.69) is 30.3 Å². The van der Waals surface area contributed by atoms with Crippen molar-refractivity contribution < 1.29 is 9.53 Å². The Hall–Kier alpha value is -2.36.